The first-order valence-electron chi connectivity index (χ1n) is 9.63. The molecule has 0 aliphatic heterocycles. The first-order valence-corrected chi connectivity index (χ1v) is 11.2. The van der Waals surface area contributed by atoms with Gasteiger partial charge in [-0.2, -0.15) is 0 Å². The maximum absolute atomic E-state index is 12.9. The molecule has 0 spiro atoms. The number of ether oxygens (including phenoxy) is 1. The average Bonchev–Trinajstić information content (AvgIpc) is 3.29. The molecule has 3 rings (SSSR count). The molecule has 2 aromatic carbocycles. The summed E-state index contributed by atoms with van der Waals surface area (Å²) in [5, 5.41) is 1.11. The quantitative estimate of drug-likeness (QED) is 0.515. The summed E-state index contributed by atoms with van der Waals surface area (Å²) < 4.78 is 37.5. The Balaban J connectivity index is 1.67. The maximum atomic E-state index is 12.9. The van der Waals surface area contributed by atoms with E-state index in [1.165, 1.54) is 6.08 Å². The van der Waals surface area contributed by atoms with Crippen LogP contribution < -0.4 is 4.72 Å². The molecule has 162 valence electrons. The third kappa shape index (κ3) is 6.84. The van der Waals surface area contributed by atoms with Crippen LogP contribution in [0, 0.1) is 0 Å². The molecule has 0 aliphatic carbocycles. The number of methoxy groups -OCH3 is 1. The van der Waals surface area contributed by atoms with Crippen LogP contribution in [0.2, 0.25) is 0 Å². The van der Waals surface area contributed by atoms with E-state index >= 15 is 0 Å². The topological polar surface area (TPSA) is 88.8 Å². The zero-order valence-electron chi connectivity index (χ0n) is 17.1. The lowest BCUT2D eigenvalue weighted by atomic mass is 10.2. The van der Waals surface area contributed by atoms with E-state index in [-0.39, 0.29) is 5.91 Å². The van der Waals surface area contributed by atoms with E-state index in [4.69, 9.17) is 9.15 Å². The molecule has 3 aromatic rings. The van der Waals surface area contributed by atoms with Crippen molar-refractivity contribution in [3.05, 3.63) is 95.3 Å². The Kier molecular flexibility index (Phi) is 7.64. The van der Waals surface area contributed by atoms with Crippen LogP contribution in [-0.2, 0) is 21.3 Å². The molecule has 0 atom stereocenters. The van der Waals surface area contributed by atoms with Crippen LogP contribution in [0.3, 0.4) is 0 Å². The van der Waals surface area contributed by atoms with E-state index in [1.54, 1.807) is 54.7 Å². The van der Waals surface area contributed by atoms with Crippen molar-refractivity contribution in [3.63, 3.8) is 0 Å². The van der Waals surface area contributed by atoms with Gasteiger partial charge in [0, 0.05) is 24.9 Å². The molecule has 0 bridgehead atoms. The van der Waals surface area contributed by atoms with Crippen molar-refractivity contribution in [3.8, 4) is 0 Å². The second-order valence-corrected chi connectivity index (χ2v) is 8.30. The van der Waals surface area contributed by atoms with Gasteiger partial charge in [-0.3, -0.25) is 9.52 Å². The van der Waals surface area contributed by atoms with Gasteiger partial charge < -0.3 is 14.1 Å². The van der Waals surface area contributed by atoms with Gasteiger partial charge in [-0.15, -0.1) is 0 Å². The smallest absolute Gasteiger partial charge is 0.255 e. The van der Waals surface area contributed by atoms with Gasteiger partial charge in [-0.1, -0.05) is 30.3 Å². The fourth-order valence-corrected chi connectivity index (χ4v) is 3.71. The van der Waals surface area contributed by atoms with Crippen LogP contribution in [0.1, 0.15) is 21.7 Å². The molecule has 1 amide bonds. The number of nitrogens with one attached hydrogen (secondary N) is 1. The zero-order valence-corrected chi connectivity index (χ0v) is 17.9. The van der Waals surface area contributed by atoms with Gasteiger partial charge in [-0.25, -0.2) is 8.42 Å². The summed E-state index contributed by atoms with van der Waals surface area (Å²) in [6.07, 6.45) is 3.07. The molecule has 0 radical (unpaired) electrons. The number of hydrogen-bond acceptors (Lipinski definition) is 5. The van der Waals surface area contributed by atoms with Gasteiger partial charge in [0.1, 0.15) is 5.76 Å². The molecule has 0 fully saturated rings. The van der Waals surface area contributed by atoms with Crippen LogP contribution in [0.25, 0.3) is 6.08 Å². The third-order valence-corrected chi connectivity index (χ3v) is 5.43. The van der Waals surface area contributed by atoms with Gasteiger partial charge in [-0.05, 0) is 48.0 Å². The van der Waals surface area contributed by atoms with E-state index in [0.29, 0.717) is 36.7 Å². The minimum Gasteiger partial charge on any atom is -0.467 e. The van der Waals surface area contributed by atoms with Gasteiger partial charge >= 0.3 is 0 Å². The first-order chi connectivity index (χ1) is 15.0. The van der Waals surface area contributed by atoms with Crippen LogP contribution in [0.5, 0.6) is 0 Å². The zero-order chi connectivity index (χ0) is 22.1. The lowest BCUT2D eigenvalue weighted by Gasteiger charge is -2.21. The summed E-state index contributed by atoms with van der Waals surface area (Å²) in [5.41, 5.74) is 1.58. The molecule has 0 saturated carbocycles. The minimum atomic E-state index is -3.68. The molecule has 1 N–H and O–H groups in total. The van der Waals surface area contributed by atoms with E-state index in [9.17, 15) is 13.2 Å². The molecular weight excluding hydrogens is 416 g/mol. The molecule has 1 heterocycles. The monoisotopic (exact) mass is 440 g/mol. The van der Waals surface area contributed by atoms with Crippen LogP contribution >= 0.6 is 0 Å². The highest BCUT2D eigenvalue weighted by atomic mass is 32.2. The van der Waals surface area contributed by atoms with Crippen molar-refractivity contribution in [1.29, 1.82) is 0 Å². The standard InChI is InChI=1S/C23H24N2O5S/c1-29-16-14-25(18-22-8-5-15-30-22)23(26)20-9-11-21(12-10-20)24-31(27,28)17-13-19-6-3-2-4-7-19/h2-13,15,17,24H,14,16,18H2,1H3/b17-13+. The Morgan fingerprint density at radius 3 is 2.45 bits per heavy atom. The van der Waals surface area contributed by atoms with Crippen LogP contribution in [0.4, 0.5) is 5.69 Å². The highest BCUT2D eigenvalue weighted by Crippen LogP contribution is 2.16. The first kappa shape index (κ1) is 22.3. The van der Waals surface area contributed by atoms with E-state index < -0.39 is 10.0 Å². The van der Waals surface area contributed by atoms with Gasteiger partial charge in [0.15, 0.2) is 0 Å². The molecule has 0 aliphatic rings. The molecule has 0 saturated heterocycles. The normalized spacial score (nSPS) is 11.5. The second kappa shape index (κ2) is 10.6. The number of anilines is 1. The van der Waals surface area contributed by atoms with Crippen molar-refractivity contribution in [2.24, 2.45) is 0 Å². The van der Waals surface area contributed by atoms with Crippen molar-refractivity contribution in [1.82, 2.24) is 4.90 Å². The van der Waals surface area contributed by atoms with Crippen molar-refractivity contribution in [2.75, 3.05) is 25.0 Å². The molecule has 8 heteroatoms. The number of carbonyl (C=O) groups excluding carboxylic acids is 1. The van der Waals surface area contributed by atoms with Crippen LogP contribution in [0.15, 0.2) is 82.8 Å². The molecule has 0 unspecified atom stereocenters. The second-order valence-electron chi connectivity index (χ2n) is 6.74. The Morgan fingerprint density at radius 1 is 1.06 bits per heavy atom. The van der Waals surface area contributed by atoms with E-state index in [0.717, 1.165) is 11.0 Å². The fourth-order valence-electron chi connectivity index (χ4n) is 2.84. The molecular formula is C23H24N2O5S. The molecule has 7 nitrogen and oxygen atoms in total. The largest absolute Gasteiger partial charge is 0.467 e. The summed E-state index contributed by atoms with van der Waals surface area (Å²) in [6.45, 7) is 1.10. The fraction of sp³-hybridized carbons (Fsp3) is 0.174. The predicted octanol–water partition coefficient (Wildman–Crippen LogP) is 3.98. The summed E-state index contributed by atoms with van der Waals surface area (Å²) >= 11 is 0. The molecule has 31 heavy (non-hydrogen) atoms. The number of rotatable bonds is 10. The summed E-state index contributed by atoms with van der Waals surface area (Å²) in [5.74, 6) is 0.464. The van der Waals surface area contributed by atoms with Gasteiger partial charge in [0.25, 0.3) is 15.9 Å². The number of carbonyl (C=O) groups is 1. The summed E-state index contributed by atoms with van der Waals surface area (Å²) in [4.78, 5) is 14.5. The SMILES string of the molecule is COCCN(Cc1ccco1)C(=O)c1ccc(NS(=O)(=O)/C=C/c2ccccc2)cc1. The Bertz CT molecular complexity index is 1090. The third-order valence-electron chi connectivity index (χ3n) is 4.41. The minimum absolute atomic E-state index is 0.202. The number of hydrogen-bond donors (Lipinski definition) is 1. The van der Waals surface area contributed by atoms with Crippen molar-refractivity contribution < 1.29 is 22.4 Å². The van der Waals surface area contributed by atoms with E-state index in [1.807, 2.05) is 30.3 Å². The van der Waals surface area contributed by atoms with Gasteiger partial charge in [0.2, 0.25) is 0 Å². The van der Waals surface area contributed by atoms with E-state index in [2.05, 4.69) is 4.72 Å². The Morgan fingerprint density at radius 2 is 1.81 bits per heavy atom. The van der Waals surface area contributed by atoms with Crippen molar-refractivity contribution >= 4 is 27.7 Å². The average molecular weight is 441 g/mol. The lowest BCUT2D eigenvalue weighted by Crippen LogP contribution is -2.33. The summed E-state index contributed by atoms with van der Waals surface area (Å²) in [6, 6.07) is 19.0. The number of nitrogens with zero attached hydrogens (tertiary/aromatic N) is 1. The number of furan rings is 1. The highest BCUT2D eigenvalue weighted by molar-refractivity contribution is 7.95. The number of amides is 1. The maximum Gasteiger partial charge on any atom is 0.255 e. The highest BCUT2D eigenvalue weighted by Gasteiger charge is 2.17. The molecule has 1 aromatic heterocycles. The Hall–Kier alpha value is -3.36. The van der Waals surface area contributed by atoms with Crippen LogP contribution in [-0.4, -0.2) is 39.5 Å². The summed E-state index contributed by atoms with van der Waals surface area (Å²) in [7, 11) is -2.11. The Labute approximate surface area is 182 Å². The lowest BCUT2D eigenvalue weighted by molar-refractivity contribution is 0.0666. The van der Waals surface area contributed by atoms with Gasteiger partial charge in [0.05, 0.1) is 24.8 Å². The predicted molar refractivity (Wildman–Crippen MR) is 120 cm³/mol. The number of benzene rings is 2. The number of sulfonamides is 1. The van der Waals surface area contributed by atoms with Crippen molar-refractivity contribution in [2.45, 2.75) is 6.54 Å².